The van der Waals surface area contributed by atoms with Gasteiger partial charge in [0, 0.05) is 9.75 Å². The van der Waals surface area contributed by atoms with Crippen molar-refractivity contribution in [1.29, 1.82) is 0 Å². The summed E-state index contributed by atoms with van der Waals surface area (Å²) in [5, 5.41) is 0. The molecule has 0 unspecified atom stereocenters. The molecule has 1 aromatic heterocycles. The van der Waals surface area contributed by atoms with E-state index in [1.165, 1.54) is 20.9 Å². The third kappa shape index (κ3) is 2.10. The number of hydrogen-bond donors (Lipinski definition) is 0. The molecule has 0 saturated carbocycles. The fourth-order valence-corrected chi connectivity index (χ4v) is 2.53. The quantitative estimate of drug-likeness (QED) is 0.629. The Morgan fingerprint density at radius 3 is 2.38 bits per heavy atom. The number of rotatable bonds is 4. The van der Waals surface area contributed by atoms with Crippen molar-refractivity contribution < 1.29 is 0 Å². The van der Waals surface area contributed by atoms with E-state index in [2.05, 4.69) is 27.0 Å². The molecule has 1 rings (SSSR count). The summed E-state index contributed by atoms with van der Waals surface area (Å²) in [5.74, 6) is 0. The Kier molecular flexibility index (Phi) is 3.49. The second-order valence-electron chi connectivity index (χ2n) is 3.17. The van der Waals surface area contributed by atoms with Crippen molar-refractivity contribution in [2.45, 2.75) is 26.7 Å². The fraction of sp³-hybridized carbons (Fsp3) is 0.333. The lowest BCUT2D eigenvalue weighted by Crippen LogP contribution is -1.82. The Bertz CT molecular complexity index is 318. The summed E-state index contributed by atoms with van der Waals surface area (Å²) in [6, 6.07) is 0. The van der Waals surface area contributed by atoms with Crippen molar-refractivity contribution in [3.05, 3.63) is 40.1 Å². The van der Waals surface area contributed by atoms with Crippen molar-refractivity contribution in [3.63, 3.8) is 0 Å². The van der Waals surface area contributed by atoms with E-state index >= 15 is 0 Å². The first-order chi connectivity index (χ1) is 6.20. The molecule has 1 aromatic rings. The number of allylic oxidation sites excluding steroid dienone is 1. The predicted octanol–water partition coefficient (Wildman–Crippen LogP) is 4.13. The molecule has 0 aromatic carbocycles. The van der Waals surface area contributed by atoms with Crippen molar-refractivity contribution in [3.8, 4) is 0 Å². The lowest BCUT2D eigenvalue weighted by atomic mass is 10.1. The highest BCUT2D eigenvalue weighted by molar-refractivity contribution is 7.13. The van der Waals surface area contributed by atoms with Gasteiger partial charge in [-0.1, -0.05) is 18.7 Å². The number of aryl methyl sites for hydroxylation is 1. The maximum absolute atomic E-state index is 3.82. The van der Waals surface area contributed by atoms with Crippen LogP contribution in [0.15, 0.2) is 19.2 Å². The number of hydrogen-bond acceptors (Lipinski definition) is 1. The molecule has 0 saturated heterocycles. The summed E-state index contributed by atoms with van der Waals surface area (Å²) in [6.07, 6.45) is 6.11. The van der Waals surface area contributed by atoms with Crippen molar-refractivity contribution in [1.82, 2.24) is 0 Å². The lowest BCUT2D eigenvalue weighted by molar-refractivity contribution is 1.02. The Balaban J connectivity index is 2.95. The summed E-state index contributed by atoms with van der Waals surface area (Å²) < 4.78 is 0. The van der Waals surface area contributed by atoms with Crippen LogP contribution in [0.25, 0.3) is 6.08 Å². The van der Waals surface area contributed by atoms with Gasteiger partial charge < -0.3 is 0 Å². The van der Waals surface area contributed by atoms with Crippen LogP contribution in [0, 0.1) is 13.8 Å². The lowest BCUT2D eigenvalue weighted by Gasteiger charge is -1.95. The first-order valence-electron chi connectivity index (χ1n) is 4.53. The van der Waals surface area contributed by atoms with Crippen LogP contribution < -0.4 is 0 Å². The van der Waals surface area contributed by atoms with E-state index in [4.69, 9.17) is 0 Å². The molecule has 1 heteroatoms. The number of thiophene rings is 1. The molecule has 13 heavy (non-hydrogen) atoms. The maximum atomic E-state index is 3.82. The molecule has 0 N–H and O–H groups in total. The minimum atomic E-state index is 1.07. The molecule has 0 atom stereocenters. The van der Waals surface area contributed by atoms with Gasteiger partial charge in [0.15, 0.2) is 0 Å². The van der Waals surface area contributed by atoms with Gasteiger partial charge in [-0.25, -0.2) is 0 Å². The van der Waals surface area contributed by atoms with Crippen molar-refractivity contribution in [2.24, 2.45) is 0 Å². The molecule has 0 aliphatic heterocycles. The molecule has 0 fully saturated rings. The molecule has 0 radical (unpaired) electrons. The summed E-state index contributed by atoms with van der Waals surface area (Å²) in [6.45, 7) is 11.9. The van der Waals surface area contributed by atoms with Gasteiger partial charge in [0.2, 0.25) is 0 Å². The van der Waals surface area contributed by atoms with Gasteiger partial charge in [-0.3, -0.25) is 0 Å². The second kappa shape index (κ2) is 4.43. The zero-order chi connectivity index (χ0) is 9.84. The normalized spacial score (nSPS) is 10.0. The largest absolute Gasteiger partial charge is 0.140 e. The molecule has 0 aliphatic carbocycles. The van der Waals surface area contributed by atoms with Gasteiger partial charge in [0.05, 0.1) is 0 Å². The van der Waals surface area contributed by atoms with E-state index in [1.807, 2.05) is 23.5 Å². The van der Waals surface area contributed by atoms with Crippen LogP contribution in [0.1, 0.15) is 27.3 Å². The monoisotopic (exact) mass is 192 g/mol. The van der Waals surface area contributed by atoms with Gasteiger partial charge >= 0.3 is 0 Å². The summed E-state index contributed by atoms with van der Waals surface area (Å²) in [4.78, 5) is 2.80. The Morgan fingerprint density at radius 1 is 1.23 bits per heavy atom. The summed E-state index contributed by atoms with van der Waals surface area (Å²) >= 11 is 1.86. The zero-order valence-electron chi connectivity index (χ0n) is 8.39. The smallest absolute Gasteiger partial charge is 0.0299 e. The van der Waals surface area contributed by atoms with Crippen molar-refractivity contribution >= 4 is 17.4 Å². The van der Waals surface area contributed by atoms with Crippen LogP contribution in [0.5, 0.6) is 0 Å². The predicted molar refractivity (Wildman–Crippen MR) is 62.4 cm³/mol. The van der Waals surface area contributed by atoms with Crippen LogP contribution in [0.4, 0.5) is 0 Å². The molecular formula is C12H16S. The first kappa shape index (κ1) is 10.3. The average Bonchev–Trinajstić information content (AvgIpc) is 2.41. The molecule has 0 nitrogen and oxygen atoms in total. The Hall–Kier alpha value is -0.820. The first-order valence-corrected chi connectivity index (χ1v) is 5.34. The molecule has 1 heterocycles. The molecule has 0 bridgehead atoms. The van der Waals surface area contributed by atoms with E-state index in [0.29, 0.717) is 0 Å². The standard InChI is InChI=1S/C12H16S/c1-5-7-8-12-10(4)9(3)11(6-2)13-12/h5-6H,1-2,7-8H2,3-4H3. The Morgan fingerprint density at radius 2 is 1.92 bits per heavy atom. The summed E-state index contributed by atoms with van der Waals surface area (Å²) in [7, 11) is 0. The topological polar surface area (TPSA) is 0 Å². The van der Waals surface area contributed by atoms with Crippen LogP contribution in [-0.4, -0.2) is 0 Å². The van der Waals surface area contributed by atoms with Gasteiger partial charge in [-0.15, -0.1) is 17.9 Å². The molecule has 0 spiro atoms. The highest BCUT2D eigenvalue weighted by Crippen LogP contribution is 2.29. The van der Waals surface area contributed by atoms with Gasteiger partial charge in [-0.2, -0.15) is 0 Å². The molecule has 70 valence electrons. The minimum absolute atomic E-state index is 1.07. The van der Waals surface area contributed by atoms with Crippen molar-refractivity contribution in [2.75, 3.05) is 0 Å². The second-order valence-corrected chi connectivity index (χ2v) is 4.31. The average molecular weight is 192 g/mol. The SMILES string of the molecule is C=CCCc1sc(C=C)c(C)c1C. The van der Waals surface area contributed by atoms with Gasteiger partial charge in [-0.05, 0) is 37.8 Å². The van der Waals surface area contributed by atoms with Crippen LogP contribution in [0.3, 0.4) is 0 Å². The third-order valence-electron chi connectivity index (χ3n) is 2.34. The van der Waals surface area contributed by atoms with E-state index < -0.39 is 0 Å². The molecular weight excluding hydrogens is 176 g/mol. The minimum Gasteiger partial charge on any atom is -0.140 e. The fourth-order valence-electron chi connectivity index (χ4n) is 1.35. The van der Waals surface area contributed by atoms with Crippen LogP contribution in [-0.2, 0) is 6.42 Å². The van der Waals surface area contributed by atoms with E-state index in [9.17, 15) is 0 Å². The van der Waals surface area contributed by atoms with Crippen LogP contribution in [0.2, 0.25) is 0 Å². The Labute approximate surface area is 84.6 Å². The molecule has 0 amide bonds. The van der Waals surface area contributed by atoms with E-state index in [-0.39, 0.29) is 0 Å². The third-order valence-corrected chi connectivity index (χ3v) is 3.79. The molecule has 0 aliphatic rings. The highest BCUT2D eigenvalue weighted by Gasteiger charge is 2.07. The zero-order valence-corrected chi connectivity index (χ0v) is 9.21. The van der Waals surface area contributed by atoms with E-state index in [1.54, 1.807) is 0 Å². The van der Waals surface area contributed by atoms with Gasteiger partial charge in [0.25, 0.3) is 0 Å². The maximum Gasteiger partial charge on any atom is 0.0299 e. The summed E-state index contributed by atoms with van der Waals surface area (Å²) in [5.41, 5.74) is 2.82. The van der Waals surface area contributed by atoms with E-state index in [0.717, 1.165) is 12.8 Å². The van der Waals surface area contributed by atoms with Crippen LogP contribution >= 0.6 is 11.3 Å². The van der Waals surface area contributed by atoms with Gasteiger partial charge in [0.1, 0.15) is 0 Å². The highest BCUT2D eigenvalue weighted by atomic mass is 32.1.